The average Bonchev–Trinajstić information content (AvgIpc) is 3.84. The van der Waals surface area contributed by atoms with Gasteiger partial charge in [-0.25, -0.2) is 9.97 Å². The molecule has 0 aliphatic carbocycles. The zero-order valence-corrected chi connectivity index (χ0v) is 29.6. The number of amides is 2. The number of nitrogens with one attached hydrogen (secondary N) is 2. The molecule has 3 aromatic carbocycles. The zero-order chi connectivity index (χ0) is 34.4. The Kier molecular flexibility index (Phi) is 8.94. The minimum atomic E-state index is -0.141. The number of carbonyl (C=O) groups is 2. The monoisotopic (exact) mass is 660 g/mol. The number of rotatable bonds is 10. The Hall–Kier alpha value is -4.66. The van der Waals surface area contributed by atoms with Gasteiger partial charge in [0.1, 0.15) is 24.0 Å². The normalized spacial score (nSPS) is 17.7. The smallest absolute Gasteiger partial charge is 0.223 e. The molecule has 7 rings (SSSR count). The topological polar surface area (TPSA) is 107 Å². The molecule has 3 atom stereocenters. The van der Waals surface area contributed by atoms with Crippen LogP contribution in [-0.4, -0.2) is 54.1 Å². The van der Waals surface area contributed by atoms with Gasteiger partial charge in [0.15, 0.2) is 0 Å². The Morgan fingerprint density at radius 1 is 1.00 bits per heavy atom. The van der Waals surface area contributed by atoms with Crippen LogP contribution in [0.2, 0.25) is 0 Å². The van der Waals surface area contributed by atoms with E-state index in [1.165, 1.54) is 0 Å². The number of benzene rings is 3. The molecule has 2 aliphatic rings. The first kappa shape index (κ1) is 32.9. The Morgan fingerprint density at radius 2 is 1.82 bits per heavy atom. The summed E-state index contributed by atoms with van der Waals surface area (Å²) in [5.41, 5.74) is 7.17. The molecule has 1 saturated heterocycles. The minimum Gasteiger partial charge on any atom is -0.488 e. The fourth-order valence-corrected chi connectivity index (χ4v) is 7.72. The molecule has 0 radical (unpaired) electrons. The van der Waals surface area contributed by atoms with Crippen molar-refractivity contribution < 1.29 is 14.3 Å². The number of likely N-dealkylation sites (tertiary alicyclic amines) is 1. The molecular weight excluding hydrogens is 612 g/mol. The molecule has 0 unspecified atom stereocenters. The van der Waals surface area contributed by atoms with E-state index in [1.54, 1.807) is 0 Å². The number of hydrogen-bond donors (Lipinski definition) is 2. The standard InChI is InChI=1S/C40H48N6O3/c1-7-9-36(47)45(21-23(3)4)25(6)39-41-20-33(43-39)27-12-14-29-28(17-27)22-49-35-19-30-26(18-31(29)35)13-15-32-38(30)44-40(42-32)34-16-11-24(5)46(34)37(48)10-8-2/h12-15,17-20,23-25,34H,7-11,16,21-22H2,1-6H3,(H,41,43)(H,42,44)/t24-,25-,34-/m0/s1. The highest BCUT2D eigenvalue weighted by Crippen LogP contribution is 2.43. The number of fused-ring (bicyclic) bond motifs is 6. The Bertz CT molecular complexity index is 2030. The van der Waals surface area contributed by atoms with Crippen LogP contribution in [0.3, 0.4) is 0 Å². The Labute approximate surface area is 288 Å². The van der Waals surface area contributed by atoms with Crippen LogP contribution in [0, 0.1) is 5.92 Å². The largest absolute Gasteiger partial charge is 0.488 e. The fourth-order valence-electron chi connectivity index (χ4n) is 7.72. The maximum Gasteiger partial charge on any atom is 0.223 e. The molecule has 4 heterocycles. The fraction of sp³-hybridized carbons (Fsp3) is 0.450. The molecule has 0 spiro atoms. The van der Waals surface area contributed by atoms with Crippen molar-refractivity contribution in [2.24, 2.45) is 5.92 Å². The van der Waals surface area contributed by atoms with Gasteiger partial charge in [-0.05, 0) is 91.8 Å². The Balaban J connectivity index is 1.17. The number of hydrogen-bond acceptors (Lipinski definition) is 5. The van der Waals surface area contributed by atoms with Crippen molar-refractivity contribution in [2.75, 3.05) is 6.54 Å². The molecule has 2 amide bonds. The molecule has 2 N–H and O–H groups in total. The number of carbonyl (C=O) groups excluding carboxylic acids is 2. The highest BCUT2D eigenvalue weighted by molar-refractivity contribution is 6.07. The van der Waals surface area contributed by atoms with Crippen LogP contribution in [0.4, 0.5) is 0 Å². The summed E-state index contributed by atoms with van der Waals surface area (Å²) < 4.78 is 6.39. The van der Waals surface area contributed by atoms with E-state index in [0.29, 0.717) is 31.9 Å². The third-order valence-corrected chi connectivity index (χ3v) is 10.2. The molecule has 0 saturated carbocycles. The molecule has 2 aliphatic heterocycles. The highest BCUT2D eigenvalue weighted by Gasteiger charge is 2.36. The number of aromatic amines is 2. The molecule has 9 heteroatoms. The van der Waals surface area contributed by atoms with Crippen LogP contribution < -0.4 is 4.74 Å². The maximum absolute atomic E-state index is 13.0. The summed E-state index contributed by atoms with van der Waals surface area (Å²) in [6.45, 7) is 13.7. The number of nitrogens with zero attached hydrogens (tertiary/aromatic N) is 4. The lowest BCUT2D eigenvalue weighted by Gasteiger charge is -2.29. The van der Waals surface area contributed by atoms with Crippen LogP contribution in [0.15, 0.2) is 48.7 Å². The third kappa shape index (κ3) is 6.08. The van der Waals surface area contributed by atoms with E-state index in [-0.39, 0.29) is 29.9 Å². The highest BCUT2D eigenvalue weighted by atomic mass is 16.5. The zero-order valence-electron chi connectivity index (χ0n) is 29.6. The quantitative estimate of drug-likeness (QED) is 0.156. The number of H-pyrrole nitrogens is 2. The second kappa shape index (κ2) is 13.3. The van der Waals surface area contributed by atoms with Gasteiger partial charge in [0.25, 0.3) is 0 Å². The van der Waals surface area contributed by atoms with Crippen LogP contribution in [-0.2, 0) is 16.2 Å². The molecule has 0 bridgehead atoms. The predicted octanol–water partition coefficient (Wildman–Crippen LogP) is 8.86. The summed E-state index contributed by atoms with van der Waals surface area (Å²) >= 11 is 0. The van der Waals surface area contributed by atoms with E-state index in [1.807, 2.05) is 22.9 Å². The van der Waals surface area contributed by atoms with Gasteiger partial charge >= 0.3 is 0 Å². The first-order valence-electron chi connectivity index (χ1n) is 18.0. The van der Waals surface area contributed by atoms with E-state index >= 15 is 0 Å². The SMILES string of the molecule is CCCC(=O)N(CC(C)C)[C@@H](C)c1ncc(-c2ccc3c(c2)COc2cc4c(ccc5[nH]c([C@@H]6CC[C@H](C)N6C(=O)CCC)nc54)cc2-3)[nH]1. The van der Waals surface area contributed by atoms with E-state index < -0.39 is 0 Å². The lowest BCUT2D eigenvalue weighted by atomic mass is 9.92. The van der Waals surface area contributed by atoms with E-state index in [9.17, 15) is 9.59 Å². The molecule has 9 nitrogen and oxygen atoms in total. The summed E-state index contributed by atoms with van der Waals surface area (Å²) in [5, 5.41) is 2.14. The summed E-state index contributed by atoms with van der Waals surface area (Å²) in [7, 11) is 0. The number of aromatic nitrogens is 4. The molecular formula is C40H48N6O3. The van der Waals surface area contributed by atoms with Gasteiger partial charge in [-0.1, -0.05) is 45.9 Å². The van der Waals surface area contributed by atoms with Gasteiger partial charge in [-0.2, -0.15) is 0 Å². The molecule has 5 aromatic rings. The van der Waals surface area contributed by atoms with Gasteiger partial charge in [0.05, 0.1) is 35.0 Å². The summed E-state index contributed by atoms with van der Waals surface area (Å²) in [6.07, 6.45) is 6.55. The van der Waals surface area contributed by atoms with Gasteiger partial charge in [0.2, 0.25) is 11.8 Å². The minimum absolute atomic E-state index is 0.0249. The Morgan fingerprint density at radius 3 is 2.59 bits per heavy atom. The van der Waals surface area contributed by atoms with Crippen molar-refractivity contribution in [3.05, 3.63) is 65.9 Å². The molecule has 49 heavy (non-hydrogen) atoms. The second-order valence-corrected chi connectivity index (χ2v) is 14.4. The molecule has 2 aromatic heterocycles. The van der Waals surface area contributed by atoms with Crippen molar-refractivity contribution in [3.63, 3.8) is 0 Å². The van der Waals surface area contributed by atoms with Crippen LogP contribution in [0.1, 0.15) is 109 Å². The first-order chi connectivity index (χ1) is 23.7. The van der Waals surface area contributed by atoms with Gasteiger partial charge < -0.3 is 24.5 Å². The third-order valence-electron chi connectivity index (χ3n) is 10.2. The van der Waals surface area contributed by atoms with Crippen molar-refractivity contribution in [1.29, 1.82) is 0 Å². The van der Waals surface area contributed by atoms with Crippen LogP contribution >= 0.6 is 0 Å². The average molecular weight is 661 g/mol. The van der Waals surface area contributed by atoms with Crippen molar-refractivity contribution in [1.82, 2.24) is 29.7 Å². The summed E-state index contributed by atoms with van der Waals surface area (Å²) in [5.74, 6) is 3.25. The summed E-state index contributed by atoms with van der Waals surface area (Å²) in [4.78, 5) is 46.8. The second-order valence-electron chi connectivity index (χ2n) is 14.4. The summed E-state index contributed by atoms with van der Waals surface area (Å²) in [6, 6.07) is 15.1. The van der Waals surface area contributed by atoms with Crippen LogP contribution in [0.25, 0.3) is 44.2 Å². The lowest BCUT2D eigenvalue weighted by molar-refractivity contribution is -0.135. The van der Waals surface area contributed by atoms with E-state index in [0.717, 1.165) is 92.8 Å². The van der Waals surface area contributed by atoms with Crippen molar-refractivity contribution in [2.45, 2.75) is 105 Å². The maximum atomic E-state index is 13.0. The first-order valence-corrected chi connectivity index (χ1v) is 18.0. The molecule has 1 fully saturated rings. The predicted molar refractivity (Wildman–Crippen MR) is 194 cm³/mol. The van der Waals surface area contributed by atoms with E-state index in [4.69, 9.17) is 14.7 Å². The van der Waals surface area contributed by atoms with Gasteiger partial charge in [-0.15, -0.1) is 0 Å². The van der Waals surface area contributed by atoms with Gasteiger partial charge in [-0.3, -0.25) is 9.59 Å². The van der Waals surface area contributed by atoms with E-state index in [2.05, 4.69) is 87.1 Å². The van der Waals surface area contributed by atoms with Crippen molar-refractivity contribution >= 4 is 33.6 Å². The number of ether oxygens (including phenoxy) is 1. The van der Waals surface area contributed by atoms with Crippen LogP contribution in [0.5, 0.6) is 5.75 Å². The molecule has 256 valence electrons. The number of imidazole rings is 2. The lowest BCUT2D eigenvalue weighted by Crippen LogP contribution is -2.36. The van der Waals surface area contributed by atoms with Crippen molar-refractivity contribution in [3.8, 4) is 28.1 Å². The van der Waals surface area contributed by atoms with Gasteiger partial charge in [0, 0.05) is 36.4 Å².